The lowest BCUT2D eigenvalue weighted by Crippen LogP contribution is -2.60. The van der Waals surface area contributed by atoms with Gasteiger partial charge in [0.2, 0.25) is 5.91 Å². The molecule has 1 amide bonds. The van der Waals surface area contributed by atoms with Crippen molar-refractivity contribution in [3.8, 4) is 0 Å². The highest BCUT2D eigenvalue weighted by atomic mass is 16.7. The summed E-state index contributed by atoms with van der Waals surface area (Å²) in [6, 6.07) is -0.807. The normalized spacial score (nSPS) is 17.5. The van der Waals surface area contributed by atoms with Gasteiger partial charge in [-0.3, -0.25) is 9.59 Å². The Morgan fingerprint density at radius 2 is 0.705 bits per heavy atom. The van der Waals surface area contributed by atoms with Crippen LogP contribution in [0.1, 0.15) is 425 Å². The lowest BCUT2D eigenvalue weighted by molar-refractivity contribution is -0.302. The van der Waals surface area contributed by atoms with Crippen molar-refractivity contribution < 1.29 is 49.3 Å². The van der Waals surface area contributed by atoms with Crippen LogP contribution in [0.5, 0.6) is 0 Å². The Bertz CT molecular complexity index is 1670. The highest BCUT2D eigenvalue weighted by molar-refractivity contribution is 5.76. The molecule has 0 aromatic rings. The van der Waals surface area contributed by atoms with Gasteiger partial charge in [-0.25, -0.2) is 0 Å². The first kappa shape index (κ1) is 90.9. The molecule has 560 valence electrons. The number of amides is 1. The first-order chi connectivity index (χ1) is 46.7. The second kappa shape index (κ2) is 73.1. The zero-order chi connectivity index (χ0) is 68.6. The van der Waals surface area contributed by atoms with E-state index in [9.17, 15) is 35.1 Å². The average Bonchev–Trinajstić information content (AvgIpc) is 0.850. The van der Waals surface area contributed by atoms with Gasteiger partial charge in [-0.1, -0.05) is 384 Å². The highest BCUT2D eigenvalue weighted by Crippen LogP contribution is 2.24. The van der Waals surface area contributed by atoms with Gasteiger partial charge in [0.25, 0.3) is 0 Å². The van der Waals surface area contributed by atoms with Crippen LogP contribution in [-0.2, 0) is 23.8 Å². The number of hydrogen-bond acceptors (Lipinski definition) is 10. The van der Waals surface area contributed by atoms with E-state index in [1.807, 2.05) is 6.08 Å². The molecule has 1 fully saturated rings. The van der Waals surface area contributed by atoms with Crippen LogP contribution in [0.25, 0.3) is 0 Å². The molecule has 0 aromatic heterocycles. The minimum atomic E-state index is -1.57. The smallest absolute Gasteiger partial charge is 0.305 e. The van der Waals surface area contributed by atoms with Crippen LogP contribution in [0.2, 0.25) is 0 Å². The molecule has 0 aromatic carbocycles. The summed E-state index contributed by atoms with van der Waals surface area (Å²) in [6.45, 7) is 4.40. The fraction of sp³-hybridized carbons (Fsp3) is 0.905. The van der Waals surface area contributed by atoms with Gasteiger partial charge in [-0.2, -0.15) is 0 Å². The van der Waals surface area contributed by atoms with E-state index >= 15 is 0 Å². The maximum absolute atomic E-state index is 13.1. The van der Waals surface area contributed by atoms with Gasteiger partial charge in [-0.05, 0) is 64.2 Å². The number of rotatable bonds is 75. The summed E-state index contributed by atoms with van der Waals surface area (Å²) in [6.07, 6.45) is 86.2. The van der Waals surface area contributed by atoms with Gasteiger partial charge >= 0.3 is 5.97 Å². The van der Waals surface area contributed by atoms with E-state index in [2.05, 4.69) is 43.5 Å². The molecule has 6 N–H and O–H groups in total. The topological polar surface area (TPSA) is 175 Å². The Labute approximate surface area is 587 Å². The fourth-order valence-corrected chi connectivity index (χ4v) is 13.5. The Morgan fingerprint density at radius 1 is 0.389 bits per heavy atom. The van der Waals surface area contributed by atoms with E-state index in [1.54, 1.807) is 6.08 Å². The van der Waals surface area contributed by atoms with Gasteiger partial charge in [0.1, 0.15) is 24.4 Å². The first-order valence-corrected chi connectivity index (χ1v) is 41.8. The molecular weight excluding hydrogens is 1180 g/mol. The average molecular weight is 1340 g/mol. The Balaban J connectivity index is 1.88. The zero-order valence-electron chi connectivity index (χ0n) is 62.7. The summed E-state index contributed by atoms with van der Waals surface area (Å²) in [7, 11) is 0. The second-order valence-corrected chi connectivity index (χ2v) is 29.2. The molecule has 0 radical (unpaired) electrons. The third-order valence-electron chi connectivity index (χ3n) is 20.0. The third kappa shape index (κ3) is 61.5. The number of allylic oxidation sites excluding steroid dienone is 5. The van der Waals surface area contributed by atoms with E-state index in [0.717, 1.165) is 57.8 Å². The molecule has 1 heterocycles. The zero-order valence-corrected chi connectivity index (χ0v) is 62.7. The van der Waals surface area contributed by atoms with Crippen molar-refractivity contribution in [3.05, 3.63) is 36.5 Å². The number of unbranched alkanes of at least 4 members (excludes halogenated alkanes) is 57. The molecule has 11 heteroatoms. The van der Waals surface area contributed by atoms with E-state index < -0.39 is 49.5 Å². The van der Waals surface area contributed by atoms with Crippen molar-refractivity contribution in [3.63, 3.8) is 0 Å². The third-order valence-corrected chi connectivity index (χ3v) is 20.0. The molecule has 0 saturated carbocycles. The molecule has 1 rings (SSSR count). The van der Waals surface area contributed by atoms with Crippen LogP contribution in [-0.4, -0.2) is 100 Å². The van der Waals surface area contributed by atoms with Crippen LogP contribution in [0, 0.1) is 0 Å². The quantitative estimate of drug-likeness (QED) is 0.0195. The standard InChI is InChI=1S/C84H159NO10/c1-3-5-7-9-11-13-15-17-18-45-48-52-56-60-64-68-72-80(89)93-73-69-65-61-57-53-49-46-43-41-39-37-35-33-31-29-27-25-23-21-19-20-22-24-26-28-30-32-34-36-38-40-42-44-47-51-55-59-63-67-71-79(88)85-76(75-94-84-83(92)82(91)81(90)78(74-86)95-84)77(87)70-66-62-58-54-50-16-14-12-10-8-6-4-2/h19-20,23,25,66,70,76-78,81-84,86-87,90-92H,3-18,21-22,24,26-65,67-69,71-75H2,1-2H3,(H,85,88)/b20-19-,25-23-,70-66+. The summed E-state index contributed by atoms with van der Waals surface area (Å²) in [5, 5.41) is 54.5. The van der Waals surface area contributed by atoms with Gasteiger partial charge in [0.15, 0.2) is 6.29 Å². The van der Waals surface area contributed by atoms with Crippen molar-refractivity contribution in [1.82, 2.24) is 5.32 Å². The van der Waals surface area contributed by atoms with Crippen LogP contribution in [0.3, 0.4) is 0 Å². The molecule has 7 atom stereocenters. The fourth-order valence-electron chi connectivity index (χ4n) is 13.5. The predicted molar refractivity (Wildman–Crippen MR) is 403 cm³/mol. The molecule has 0 aliphatic carbocycles. The minimum Gasteiger partial charge on any atom is -0.466 e. The molecule has 1 aliphatic rings. The summed E-state index contributed by atoms with van der Waals surface area (Å²) in [5.41, 5.74) is 0. The largest absolute Gasteiger partial charge is 0.466 e. The Kier molecular flexibility index (Phi) is 69.9. The molecular formula is C84H159NO10. The number of carbonyl (C=O) groups is 2. The second-order valence-electron chi connectivity index (χ2n) is 29.2. The van der Waals surface area contributed by atoms with E-state index in [1.165, 1.54) is 340 Å². The summed E-state index contributed by atoms with van der Waals surface area (Å²) in [5.74, 6) is -0.158. The van der Waals surface area contributed by atoms with Crippen LogP contribution >= 0.6 is 0 Å². The molecule has 7 unspecified atom stereocenters. The summed E-state index contributed by atoms with van der Waals surface area (Å²) in [4.78, 5) is 25.2. The number of aliphatic hydroxyl groups is 5. The van der Waals surface area contributed by atoms with Gasteiger partial charge in [0, 0.05) is 12.8 Å². The van der Waals surface area contributed by atoms with Crippen LogP contribution in [0.4, 0.5) is 0 Å². The molecule has 0 spiro atoms. The van der Waals surface area contributed by atoms with Crippen molar-refractivity contribution in [2.24, 2.45) is 0 Å². The minimum absolute atomic E-state index is 0.0189. The molecule has 0 bridgehead atoms. The Hall–Kier alpha value is -2.12. The monoisotopic (exact) mass is 1340 g/mol. The van der Waals surface area contributed by atoms with Crippen molar-refractivity contribution in [2.45, 2.75) is 468 Å². The van der Waals surface area contributed by atoms with Gasteiger partial charge in [0.05, 0.1) is 32.0 Å². The van der Waals surface area contributed by atoms with Crippen molar-refractivity contribution in [2.75, 3.05) is 19.8 Å². The van der Waals surface area contributed by atoms with E-state index in [4.69, 9.17) is 14.2 Å². The number of ether oxygens (including phenoxy) is 3. The van der Waals surface area contributed by atoms with Crippen LogP contribution < -0.4 is 5.32 Å². The maximum atomic E-state index is 13.1. The molecule has 95 heavy (non-hydrogen) atoms. The van der Waals surface area contributed by atoms with E-state index in [0.29, 0.717) is 19.4 Å². The Morgan fingerprint density at radius 3 is 1.06 bits per heavy atom. The number of carbonyl (C=O) groups excluding carboxylic acids is 2. The SMILES string of the molecule is CCCCCCCCCCCC/C=C/C(O)C(COC1OC(CO)C(O)C(O)C1O)NC(=O)CCCCCCCCCCCCCCCCCCC/C=C\C/C=C\CCCCCCCCCCCCCCCCCOC(=O)CCCCCCCCCCCCCCCCCC. The summed E-state index contributed by atoms with van der Waals surface area (Å²) >= 11 is 0. The number of esters is 1. The number of nitrogens with one attached hydrogen (secondary N) is 1. The lowest BCUT2D eigenvalue weighted by atomic mass is 9.99. The highest BCUT2D eigenvalue weighted by Gasteiger charge is 2.44. The lowest BCUT2D eigenvalue weighted by Gasteiger charge is -2.40. The van der Waals surface area contributed by atoms with Gasteiger partial charge in [-0.15, -0.1) is 0 Å². The first-order valence-electron chi connectivity index (χ1n) is 41.8. The maximum Gasteiger partial charge on any atom is 0.305 e. The predicted octanol–water partition coefficient (Wildman–Crippen LogP) is 22.9. The summed E-state index contributed by atoms with van der Waals surface area (Å²) < 4.78 is 16.8. The molecule has 11 nitrogen and oxygen atoms in total. The van der Waals surface area contributed by atoms with Crippen LogP contribution in [0.15, 0.2) is 36.5 Å². The molecule has 1 aliphatic heterocycles. The van der Waals surface area contributed by atoms with Crippen molar-refractivity contribution >= 4 is 11.9 Å². The van der Waals surface area contributed by atoms with E-state index in [-0.39, 0.29) is 18.5 Å². The number of aliphatic hydroxyl groups excluding tert-OH is 5. The number of hydrogen-bond donors (Lipinski definition) is 6. The molecule has 1 saturated heterocycles. The van der Waals surface area contributed by atoms with Crippen molar-refractivity contribution in [1.29, 1.82) is 0 Å². The van der Waals surface area contributed by atoms with Gasteiger partial charge < -0.3 is 45.1 Å².